The van der Waals surface area contributed by atoms with Gasteiger partial charge in [0.15, 0.2) is 0 Å². The summed E-state index contributed by atoms with van der Waals surface area (Å²) in [7, 11) is 0. The number of unbranched alkanes of at least 4 members (excludes halogenated alkanes) is 14. The second-order valence-corrected chi connectivity index (χ2v) is 9.94. The lowest BCUT2D eigenvalue weighted by Gasteiger charge is -2.15. The summed E-state index contributed by atoms with van der Waals surface area (Å²) in [6, 6.07) is 15.2. The molecule has 3 rings (SSSR count). The third-order valence-electron chi connectivity index (χ3n) is 7.03. The van der Waals surface area contributed by atoms with Gasteiger partial charge in [0, 0.05) is 6.42 Å². The Kier molecular flexibility index (Phi) is 11.9. The average molecular weight is 476 g/mol. The molecular weight excluding hydrogens is 430 g/mol. The second kappa shape index (κ2) is 15.4. The molecule has 0 spiro atoms. The Hall–Kier alpha value is -2.62. The fourth-order valence-electron chi connectivity index (χ4n) is 4.94. The van der Waals surface area contributed by atoms with Crippen LogP contribution >= 0.6 is 0 Å². The molecule has 3 aromatic rings. The Morgan fingerprint density at radius 1 is 0.686 bits per heavy atom. The summed E-state index contributed by atoms with van der Waals surface area (Å²) in [5.74, 6) is 0.807. The van der Waals surface area contributed by atoms with Gasteiger partial charge in [0.05, 0.1) is 22.3 Å². The van der Waals surface area contributed by atoms with Crippen molar-refractivity contribution in [3.05, 3.63) is 64.7 Å². The van der Waals surface area contributed by atoms with Crippen LogP contribution < -0.4 is 11.3 Å². The fourth-order valence-corrected chi connectivity index (χ4v) is 4.94. The molecule has 0 aliphatic heterocycles. The predicted molar refractivity (Wildman–Crippen MR) is 150 cm³/mol. The lowest BCUT2D eigenvalue weighted by atomic mass is 10.0. The highest BCUT2D eigenvalue weighted by atomic mass is 16.1. The molecule has 0 atom stereocenters. The molecule has 0 saturated heterocycles. The highest BCUT2D eigenvalue weighted by molar-refractivity contribution is 5.78. The van der Waals surface area contributed by atoms with Crippen molar-refractivity contribution in [2.45, 2.75) is 110 Å². The average Bonchev–Trinajstić information content (AvgIpc) is 2.87. The van der Waals surface area contributed by atoms with Gasteiger partial charge in [-0.1, -0.05) is 121 Å². The van der Waals surface area contributed by atoms with Crippen LogP contribution in [0.5, 0.6) is 0 Å². The molecule has 2 aromatic carbocycles. The zero-order chi connectivity index (χ0) is 24.7. The van der Waals surface area contributed by atoms with Crippen LogP contribution in [0.15, 0.2) is 53.3 Å². The van der Waals surface area contributed by atoms with Crippen molar-refractivity contribution in [3.63, 3.8) is 0 Å². The van der Waals surface area contributed by atoms with E-state index in [-0.39, 0.29) is 5.56 Å². The smallest absolute Gasteiger partial charge is 0.266 e. The molecule has 2 N–H and O–H groups in total. The topological polar surface area (TPSA) is 60.9 Å². The van der Waals surface area contributed by atoms with Crippen LogP contribution in [-0.2, 0) is 6.42 Å². The second-order valence-electron chi connectivity index (χ2n) is 9.94. The van der Waals surface area contributed by atoms with Gasteiger partial charge in [-0.15, -0.1) is 0 Å². The van der Waals surface area contributed by atoms with Crippen molar-refractivity contribution in [2.24, 2.45) is 0 Å². The summed E-state index contributed by atoms with van der Waals surface area (Å²) in [4.78, 5) is 18.2. The number of hydrogen-bond donors (Lipinski definition) is 1. The SMILES string of the molecule is CCCCCCCCCCCCCCCCCc1nc2ccccc2c(=O)n1-c1ccccc1N. The van der Waals surface area contributed by atoms with Crippen LogP contribution in [0.25, 0.3) is 16.6 Å². The molecule has 35 heavy (non-hydrogen) atoms. The highest BCUT2D eigenvalue weighted by Crippen LogP contribution is 2.20. The Bertz CT molecular complexity index is 1070. The minimum atomic E-state index is -0.0375. The summed E-state index contributed by atoms with van der Waals surface area (Å²) in [6.07, 6.45) is 20.9. The Morgan fingerprint density at radius 3 is 1.80 bits per heavy atom. The largest absolute Gasteiger partial charge is 0.397 e. The van der Waals surface area contributed by atoms with E-state index in [1.54, 1.807) is 4.57 Å². The summed E-state index contributed by atoms with van der Waals surface area (Å²) >= 11 is 0. The molecule has 0 bridgehead atoms. The van der Waals surface area contributed by atoms with Crippen molar-refractivity contribution in [2.75, 3.05) is 5.73 Å². The molecule has 0 unspecified atom stereocenters. The van der Waals surface area contributed by atoms with Gasteiger partial charge >= 0.3 is 0 Å². The van der Waals surface area contributed by atoms with E-state index in [1.165, 1.54) is 89.9 Å². The van der Waals surface area contributed by atoms with Crippen molar-refractivity contribution < 1.29 is 0 Å². The van der Waals surface area contributed by atoms with Gasteiger partial charge in [0.1, 0.15) is 5.82 Å². The highest BCUT2D eigenvalue weighted by Gasteiger charge is 2.14. The van der Waals surface area contributed by atoms with Crippen LogP contribution in [0.1, 0.15) is 109 Å². The molecule has 1 heterocycles. The van der Waals surface area contributed by atoms with Gasteiger partial charge in [0.2, 0.25) is 0 Å². The molecule has 190 valence electrons. The quantitative estimate of drug-likeness (QED) is 0.157. The van der Waals surface area contributed by atoms with Crippen molar-refractivity contribution in [3.8, 4) is 5.69 Å². The molecule has 0 saturated carbocycles. The minimum Gasteiger partial charge on any atom is -0.397 e. The lowest BCUT2D eigenvalue weighted by Crippen LogP contribution is -2.24. The van der Waals surface area contributed by atoms with E-state index >= 15 is 0 Å². The number of aryl methyl sites for hydroxylation is 1. The first-order valence-electron chi connectivity index (χ1n) is 14.1. The van der Waals surface area contributed by atoms with Gasteiger partial charge in [-0.05, 0) is 30.7 Å². The van der Waals surface area contributed by atoms with Crippen LogP contribution in [0.2, 0.25) is 0 Å². The molecule has 0 aliphatic rings. The Morgan fingerprint density at radius 2 is 1.20 bits per heavy atom. The van der Waals surface area contributed by atoms with Crippen LogP contribution in [-0.4, -0.2) is 9.55 Å². The standard InChI is InChI=1S/C31H45N3O/c1-2-3-4-5-6-7-8-9-10-11-12-13-14-15-16-25-30-33-28-23-19-17-21-26(28)31(35)34(30)29-24-20-18-22-27(29)32/h17-24H,2-16,25,32H2,1H3. The monoisotopic (exact) mass is 475 g/mol. The van der Waals surface area contributed by atoms with Crippen molar-refractivity contribution >= 4 is 16.6 Å². The van der Waals surface area contributed by atoms with Crippen LogP contribution in [0, 0.1) is 0 Å². The molecule has 1 aromatic heterocycles. The van der Waals surface area contributed by atoms with E-state index in [1.807, 2.05) is 48.5 Å². The van der Waals surface area contributed by atoms with Crippen molar-refractivity contribution in [1.29, 1.82) is 0 Å². The van der Waals surface area contributed by atoms with Gasteiger partial charge in [0.25, 0.3) is 5.56 Å². The van der Waals surface area contributed by atoms with Crippen LogP contribution in [0.4, 0.5) is 5.69 Å². The number of anilines is 1. The third kappa shape index (κ3) is 8.52. The molecule has 0 amide bonds. The van der Waals surface area contributed by atoms with Gasteiger partial charge in [-0.2, -0.15) is 0 Å². The predicted octanol–water partition coefficient (Wildman–Crippen LogP) is 8.38. The number of fused-ring (bicyclic) bond motifs is 1. The van der Waals surface area contributed by atoms with Crippen LogP contribution in [0.3, 0.4) is 0 Å². The normalized spacial score (nSPS) is 11.3. The molecule has 0 radical (unpaired) electrons. The lowest BCUT2D eigenvalue weighted by molar-refractivity contribution is 0.531. The van der Waals surface area contributed by atoms with E-state index in [0.717, 1.165) is 29.9 Å². The summed E-state index contributed by atoms with van der Waals surface area (Å²) in [5.41, 5.74) is 8.29. The number of nitrogens with two attached hydrogens (primary N) is 1. The minimum absolute atomic E-state index is 0.0375. The first-order chi connectivity index (χ1) is 17.2. The molecular formula is C31H45N3O. The summed E-state index contributed by atoms with van der Waals surface area (Å²) in [5, 5.41) is 0.635. The van der Waals surface area contributed by atoms with E-state index < -0.39 is 0 Å². The first-order valence-corrected chi connectivity index (χ1v) is 14.1. The summed E-state index contributed by atoms with van der Waals surface area (Å²) in [6.45, 7) is 2.28. The maximum atomic E-state index is 13.3. The van der Waals surface area contributed by atoms with Crippen molar-refractivity contribution in [1.82, 2.24) is 9.55 Å². The fraction of sp³-hybridized carbons (Fsp3) is 0.548. The van der Waals surface area contributed by atoms with E-state index in [9.17, 15) is 4.79 Å². The maximum Gasteiger partial charge on any atom is 0.266 e. The number of nitrogen functional groups attached to an aromatic ring is 1. The third-order valence-corrected chi connectivity index (χ3v) is 7.03. The maximum absolute atomic E-state index is 13.3. The molecule has 4 nitrogen and oxygen atoms in total. The number of para-hydroxylation sites is 3. The Balaban J connectivity index is 1.40. The number of hydrogen-bond acceptors (Lipinski definition) is 3. The molecule has 4 heteroatoms. The van der Waals surface area contributed by atoms with E-state index in [2.05, 4.69) is 6.92 Å². The zero-order valence-electron chi connectivity index (χ0n) is 21.8. The first kappa shape index (κ1) is 27.0. The molecule has 0 fully saturated rings. The van der Waals surface area contributed by atoms with Gasteiger partial charge < -0.3 is 5.73 Å². The van der Waals surface area contributed by atoms with Gasteiger partial charge in [-0.3, -0.25) is 9.36 Å². The molecule has 0 aliphatic carbocycles. The number of rotatable bonds is 17. The van der Waals surface area contributed by atoms with Gasteiger partial charge in [-0.25, -0.2) is 4.98 Å². The zero-order valence-corrected chi connectivity index (χ0v) is 21.8. The number of nitrogens with zero attached hydrogens (tertiary/aromatic N) is 2. The number of benzene rings is 2. The van der Waals surface area contributed by atoms with E-state index in [0.29, 0.717) is 11.1 Å². The van der Waals surface area contributed by atoms with E-state index in [4.69, 9.17) is 10.7 Å². The number of aromatic nitrogens is 2. The summed E-state index contributed by atoms with van der Waals surface area (Å²) < 4.78 is 1.72. The Labute approximate surface area is 212 Å².